The van der Waals surface area contributed by atoms with Gasteiger partial charge in [0.1, 0.15) is 0 Å². The van der Waals surface area contributed by atoms with Gasteiger partial charge < -0.3 is 10.1 Å². The Morgan fingerprint density at radius 3 is 2.78 bits per heavy atom. The monoisotopic (exact) mass is 315 g/mol. The van der Waals surface area contributed by atoms with Crippen LogP contribution in [0.5, 0.6) is 0 Å². The number of aromatic nitrogens is 2. The van der Waals surface area contributed by atoms with Crippen molar-refractivity contribution >= 4 is 5.91 Å². The summed E-state index contributed by atoms with van der Waals surface area (Å²) in [6.07, 6.45) is 0. The number of nitrogens with zero attached hydrogens (tertiary/aromatic N) is 2. The number of carbonyl (C=O) groups excluding carboxylic acids is 1. The lowest BCUT2D eigenvalue weighted by atomic mass is 10.1. The average molecular weight is 315 g/mol. The summed E-state index contributed by atoms with van der Waals surface area (Å²) in [5.41, 5.74) is 3.83. The van der Waals surface area contributed by atoms with Crippen molar-refractivity contribution in [3.8, 4) is 0 Å². The Hall–Kier alpha value is -2.14. The van der Waals surface area contributed by atoms with Crippen LogP contribution in [0.4, 0.5) is 0 Å². The number of amides is 1. The van der Waals surface area contributed by atoms with E-state index in [1.165, 1.54) is 0 Å². The van der Waals surface area contributed by atoms with Crippen LogP contribution in [0.3, 0.4) is 0 Å². The zero-order valence-corrected chi connectivity index (χ0v) is 14.3. The maximum Gasteiger partial charge on any atom is 0.251 e. The van der Waals surface area contributed by atoms with Gasteiger partial charge in [-0.25, -0.2) is 0 Å². The second kappa shape index (κ2) is 7.92. The van der Waals surface area contributed by atoms with Crippen LogP contribution in [0.2, 0.25) is 0 Å². The minimum atomic E-state index is -0.0526. The van der Waals surface area contributed by atoms with Crippen LogP contribution in [0.25, 0.3) is 0 Å². The van der Waals surface area contributed by atoms with Gasteiger partial charge in [0.25, 0.3) is 5.91 Å². The zero-order chi connectivity index (χ0) is 16.8. The van der Waals surface area contributed by atoms with Crippen molar-refractivity contribution in [3.63, 3.8) is 0 Å². The highest BCUT2D eigenvalue weighted by Crippen LogP contribution is 2.08. The summed E-state index contributed by atoms with van der Waals surface area (Å²) in [5.74, 6) is 0.252. The Bertz CT molecular complexity index is 664. The molecule has 0 saturated heterocycles. The second-order valence-electron chi connectivity index (χ2n) is 6.06. The van der Waals surface area contributed by atoms with Crippen molar-refractivity contribution in [2.45, 2.75) is 33.9 Å². The van der Waals surface area contributed by atoms with Gasteiger partial charge >= 0.3 is 0 Å². The van der Waals surface area contributed by atoms with E-state index in [0.717, 1.165) is 23.5 Å². The summed E-state index contributed by atoms with van der Waals surface area (Å²) in [6, 6.07) is 9.57. The van der Waals surface area contributed by atoms with Crippen molar-refractivity contribution in [2.24, 2.45) is 5.92 Å². The van der Waals surface area contributed by atoms with Crippen LogP contribution in [-0.2, 0) is 17.9 Å². The molecule has 0 bridgehead atoms. The molecule has 0 spiro atoms. The molecule has 23 heavy (non-hydrogen) atoms. The maximum atomic E-state index is 12.3. The third-order valence-corrected chi connectivity index (χ3v) is 3.70. The number of hydrogen-bond acceptors (Lipinski definition) is 3. The van der Waals surface area contributed by atoms with E-state index >= 15 is 0 Å². The molecule has 1 amide bonds. The molecule has 1 heterocycles. The molecule has 0 unspecified atom stereocenters. The van der Waals surface area contributed by atoms with Gasteiger partial charge in [0.05, 0.1) is 12.3 Å². The van der Waals surface area contributed by atoms with Gasteiger partial charge in [-0.2, -0.15) is 5.10 Å². The number of carbonyl (C=O) groups is 1. The molecule has 124 valence electrons. The molecule has 5 heteroatoms. The number of benzene rings is 1. The summed E-state index contributed by atoms with van der Waals surface area (Å²) >= 11 is 0. The fraction of sp³-hybridized carbons (Fsp3) is 0.444. The zero-order valence-electron chi connectivity index (χ0n) is 14.3. The van der Waals surface area contributed by atoms with E-state index in [1.54, 1.807) is 7.11 Å². The molecule has 1 atom stereocenters. The maximum absolute atomic E-state index is 12.3. The Morgan fingerprint density at radius 1 is 1.35 bits per heavy atom. The Balaban J connectivity index is 1.88. The molecule has 2 aromatic rings. The number of nitrogens with one attached hydrogen (secondary N) is 1. The van der Waals surface area contributed by atoms with Crippen molar-refractivity contribution in [1.29, 1.82) is 0 Å². The van der Waals surface area contributed by atoms with Gasteiger partial charge in [-0.1, -0.05) is 19.1 Å². The lowest BCUT2D eigenvalue weighted by Gasteiger charge is -2.14. The van der Waals surface area contributed by atoms with Crippen LogP contribution in [-0.4, -0.2) is 29.3 Å². The van der Waals surface area contributed by atoms with Gasteiger partial charge in [-0.05, 0) is 43.5 Å². The fourth-order valence-electron chi connectivity index (χ4n) is 2.56. The van der Waals surface area contributed by atoms with Crippen LogP contribution in [0.1, 0.15) is 34.2 Å². The summed E-state index contributed by atoms with van der Waals surface area (Å²) in [4.78, 5) is 12.3. The lowest BCUT2D eigenvalue weighted by molar-refractivity contribution is 0.0946. The molecule has 0 aliphatic rings. The number of ether oxygens (including phenoxy) is 1. The molecule has 0 aliphatic carbocycles. The number of methoxy groups -OCH3 is 1. The summed E-state index contributed by atoms with van der Waals surface area (Å²) in [7, 11) is 1.65. The first-order valence-electron chi connectivity index (χ1n) is 7.86. The minimum absolute atomic E-state index is 0.0526. The predicted octanol–water partition coefficient (Wildman–Crippen LogP) is 2.71. The molecular formula is C18H25N3O2. The van der Waals surface area contributed by atoms with E-state index in [-0.39, 0.29) is 5.91 Å². The highest BCUT2D eigenvalue weighted by atomic mass is 16.5. The van der Waals surface area contributed by atoms with Crippen LogP contribution >= 0.6 is 0 Å². The highest BCUT2D eigenvalue weighted by Gasteiger charge is 2.10. The lowest BCUT2D eigenvalue weighted by Crippen LogP contribution is -2.30. The number of aryl methyl sites for hydroxylation is 2. The summed E-state index contributed by atoms with van der Waals surface area (Å²) in [5, 5.41) is 7.45. The largest absolute Gasteiger partial charge is 0.380 e. The summed E-state index contributed by atoms with van der Waals surface area (Å²) < 4.78 is 7.09. The number of hydrogen-bond donors (Lipinski definition) is 1. The fourth-order valence-corrected chi connectivity index (χ4v) is 2.56. The molecule has 1 aromatic heterocycles. The molecule has 0 fully saturated rings. The van der Waals surface area contributed by atoms with E-state index in [4.69, 9.17) is 4.74 Å². The topological polar surface area (TPSA) is 56.1 Å². The Kier molecular flexibility index (Phi) is 5.93. The van der Waals surface area contributed by atoms with E-state index in [0.29, 0.717) is 24.6 Å². The normalized spacial score (nSPS) is 12.2. The van der Waals surface area contributed by atoms with Gasteiger partial charge in [-0.15, -0.1) is 0 Å². The highest BCUT2D eigenvalue weighted by molar-refractivity contribution is 5.94. The molecule has 0 saturated carbocycles. The van der Waals surface area contributed by atoms with E-state index < -0.39 is 0 Å². The predicted molar refractivity (Wildman–Crippen MR) is 90.4 cm³/mol. The molecule has 1 aromatic carbocycles. The molecule has 5 nitrogen and oxygen atoms in total. The number of rotatable bonds is 7. The van der Waals surface area contributed by atoms with Crippen LogP contribution < -0.4 is 5.32 Å². The van der Waals surface area contributed by atoms with Crippen LogP contribution in [0, 0.1) is 19.8 Å². The molecular weight excluding hydrogens is 290 g/mol. The van der Waals surface area contributed by atoms with Crippen molar-refractivity contribution in [1.82, 2.24) is 15.1 Å². The molecule has 0 radical (unpaired) electrons. The van der Waals surface area contributed by atoms with E-state index in [2.05, 4.69) is 23.4 Å². The smallest absolute Gasteiger partial charge is 0.251 e. The van der Waals surface area contributed by atoms with Gasteiger partial charge in [0.15, 0.2) is 0 Å². The van der Waals surface area contributed by atoms with E-state index in [9.17, 15) is 4.79 Å². The molecule has 2 rings (SSSR count). The first-order chi connectivity index (χ1) is 11.0. The third kappa shape index (κ3) is 4.93. The first kappa shape index (κ1) is 17.2. The molecule has 1 N–H and O–H groups in total. The van der Waals surface area contributed by atoms with Gasteiger partial charge in [0, 0.05) is 31.5 Å². The minimum Gasteiger partial charge on any atom is -0.380 e. The second-order valence-corrected chi connectivity index (χ2v) is 6.06. The standard InChI is InChI=1S/C18H25N3O2/c1-13(11-21-15(3)8-14(2)20-21)10-19-18(22)17-7-5-6-16(9-17)12-23-4/h5-9,13H,10-12H2,1-4H3,(H,19,22)/t13-/m0/s1. The Labute approximate surface area is 137 Å². The van der Waals surface area contributed by atoms with Crippen LogP contribution in [0.15, 0.2) is 30.3 Å². The SMILES string of the molecule is COCc1cccc(C(=O)NC[C@H](C)Cn2nc(C)cc2C)c1. The summed E-state index contributed by atoms with van der Waals surface area (Å²) in [6.45, 7) is 8.07. The van der Waals surface area contributed by atoms with E-state index in [1.807, 2.05) is 42.8 Å². The Morgan fingerprint density at radius 2 is 2.13 bits per heavy atom. The average Bonchev–Trinajstić information content (AvgIpc) is 2.83. The van der Waals surface area contributed by atoms with Gasteiger partial charge in [-0.3, -0.25) is 9.48 Å². The molecule has 0 aliphatic heterocycles. The first-order valence-corrected chi connectivity index (χ1v) is 7.86. The third-order valence-electron chi connectivity index (χ3n) is 3.70. The van der Waals surface area contributed by atoms with Gasteiger partial charge in [0.2, 0.25) is 0 Å². The quantitative estimate of drug-likeness (QED) is 0.854. The van der Waals surface area contributed by atoms with Crippen molar-refractivity contribution < 1.29 is 9.53 Å². The van der Waals surface area contributed by atoms with Crippen molar-refractivity contribution in [2.75, 3.05) is 13.7 Å². The van der Waals surface area contributed by atoms with Crippen molar-refractivity contribution in [3.05, 3.63) is 52.8 Å².